The first-order valence-electron chi connectivity index (χ1n) is 8.48. The Morgan fingerprint density at radius 2 is 1.92 bits per heavy atom. The molecule has 24 heavy (non-hydrogen) atoms. The lowest BCUT2D eigenvalue weighted by atomic mass is 10.1. The Bertz CT molecular complexity index is 750. The van der Waals surface area contributed by atoms with Gasteiger partial charge in [0.2, 0.25) is 10.0 Å². The summed E-state index contributed by atoms with van der Waals surface area (Å²) in [7, 11) is -3.47. The van der Waals surface area contributed by atoms with E-state index >= 15 is 0 Å². The van der Waals surface area contributed by atoms with Gasteiger partial charge in [0.05, 0.1) is 4.90 Å². The van der Waals surface area contributed by atoms with E-state index in [9.17, 15) is 13.2 Å². The van der Waals surface area contributed by atoms with Crippen LogP contribution in [0.25, 0.3) is 0 Å². The highest BCUT2D eigenvalue weighted by atomic mass is 32.2. The van der Waals surface area contributed by atoms with Crippen molar-refractivity contribution in [2.24, 2.45) is 0 Å². The Morgan fingerprint density at radius 3 is 2.50 bits per heavy atom. The summed E-state index contributed by atoms with van der Waals surface area (Å²) < 4.78 is 26.7. The van der Waals surface area contributed by atoms with E-state index in [4.69, 9.17) is 0 Å². The first-order chi connectivity index (χ1) is 11.4. The standard InChI is InChI=1S/C18H26N2O3S/c1-5-8-14(4)18(21)20-12-11-15-13-16(9-10-17(15)20)24(22,23)19(6-2)7-3/h8-10,13H,5-7,11-12H2,1-4H3. The summed E-state index contributed by atoms with van der Waals surface area (Å²) in [6, 6.07) is 5.09. The van der Waals surface area contributed by atoms with Gasteiger partial charge in [-0.05, 0) is 43.5 Å². The Kier molecular flexibility index (Phi) is 5.83. The summed E-state index contributed by atoms with van der Waals surface area (Å²) in [6.45, 7) is 8.97. The highest BCUT2D eigenvalue weighted by Gasteiger charge is 2.28. The summed E-state index contributed by atoms with van der Waals surface area (Å²) in [5.74, 6) is -0.00468. The van der Waals surface area contributed by atoms with Gasteiger partial charge in [0.15, 0.2) is 0 Å². The van der Waals surface area contributed by atoms with Gasteiger partial charge in [-0.3, -0.25) is 4.79 Å². The van der Waals surface area contributed by atoms with E-state index in [-0.39, 0.29) is 5.91 Å². The number of sulfonamides is 1. The fourth-order valence-corrected chi connectivity index (χ4v) is 4.58. The summed E-state index contributed by atoms with van der Waals surface area (Å²) in [5.41, 5.74) is 2.47. The van der Waals surface area contributed by atoms with Crippen LogP contribution in [0.15, 0.2) is 34.7 Å². The molecule has 0 aliphatic carbocycles. The van der Waals surface area contributed by atoms with E-state index in [0.29, 0.717) is 31.0 Å². The molecule has 5 nitrogen and oxygen atoms in total. The fraction of sp³-hybridized carbons (Fsp3) is 0.500. The largest absolute Gasteiger partial charge is 0.308 e. The molecule has 1 aromatic carbocycles. The second kappa shape index (κ2) is 7.49. The molecule has 132 valence electrons. The summed E-state index contributed by atoms with van der Waals surface area (Å²) in [5, 5.41) is 0. The lowest BCUT2D eigenvalue weighted by Crippen LogP contribution is -2.31. The van der Waals surface area contributed by atoms with Gasteiger partial charge in [0.25, 0.3) is 5.91 Å². The highest BCUT2D eigenvalue weighted by Crippen LogP contribution is 2.32. The van der Waals surface area contributed by atoms with Crippen LogP contribution in [-0.2, 0) is 21.2 Å². The smallest absolute Gasteiger partial charge is 0.253 e. The van der Waals surface area contributed by atoms with Gasteiger partial charge in [-0.25, -0.2) is 8.42 Å². The Balaban J connectivity index is 2.35. The minimum absolute atomic E-state index is 0.00468. The van der Waals surface area contributed by atoms with Crippen molar-refractivity contribution in [2.45, 2.75) is 45.4 Å². The van der Waals surface area contributed by atoms with Crippen molar-refractivity contribution in [3.8, 4) is 0 Å². The molecule has 0 radical (unpaired) electrons. The van der Waals surface area contributed by atoms with Crippen molar-refractivity contribution in [2.75, 3.05) is 24.5 Å². The number of amides is 1. The van der Waals surface area contributed by atoms with Crippen LogP contribution in [0.2, 0.25) is 0 Å². The van der Waals surface area contributed by atoms with Crippen LogP contribution in [0.5, 0.6) is 0 Å². The van der Waals surface area contributed by atoms with Crippen LogP contribution in [0.1, 0.15) is 39.7 Å². The number of fused-ring (bicyclic) bond motifs is 1. The molecule has 0 saturated heterocycles. The third kappa shape index (κ3) is 3.39. The number of hydrogen-bond acceptors (Lipinski definition) is 3. The molecule has 2 rings (SSSR count). The van der Waals surface area contributed by atoms with Crippen LogP contribution < -0.4 is 4.90 Å². The Hall–Kier alpha value is -1.66. The SMILES string of the molecule is CCC=C(C)C(=O)N1CCc2cc(S(=O)(=O)N(CC)CC)ccc21. The molecule has 0 N–H and O–H groups in total. The second-order valence-corrected chi connectivity index (χ2v) is 7.82. The van der Waals surface area contributed by atoms with E-state index in [1.165, 1.54) is 4.31 Å². The normalized spacial score (nSPS) is 15.0. The van der Waals surface area contributed by atoms with Crippen molar-refractivity contribution in [3.05, 3.63) is 35.4 Å². The monoisotopic (exact) mass is 350 g/mol. The molecular formula is C18H26N2O3S. The molecule has 0 fully saturated rings. The zero-order chi connectivity index (χ0) is 17.9. The molecule has 1 heterocycles. The lowest BCUT2D eigenvalue weighted by molar-refractivity contribution is -0.115. The minimum Gasteiger partial charge on any atom is -0.308 e. The van der Waals surface area contributed by atoms with Crippen molar-refractivity contribution in [1.29, 1.82) is 0 Å². The van der Waals surface area contributed by atoms with Crippen LogP contribution in [-0.4, -0.2) is 38.3 Å². The number of anilines is 1. The van der Waals surface area contributed by atoms with Crippen LogP contribution >= 0.6 is 0 Å². The van der Waals surface area contributed by atoms with Crippen molar-refractivity contribution in [3.63, 3.8) is 0 Å². The molecule has 1 aromatic rings. The molecule has 0 unspecified atom stereocenters. The number of carbonyl (C=O) groups is 1. The van der Waals surface area contributed by atoms with E-state index in [1.807, 2.05) is 33.8 Å². The zero-order valence-corrected chi connectivity index (χ0v) is 15.7. The molecule has 6 heteroatoms. The van der Waals surface area contributed by atoms with Gasteiger partial charge in [0, 0.05) is 30.9 Å². The number of nitrogens with zero attached hydrogens (tertiary/aromatic N) is 2. The average molecular weight is 350 g/mol. The predicted molar refractivity (Wildman–Crippen MR) is 96.7 cm³/mol. The topological polar surface area (TPSA) is 57.7 Å². The minimum atomic E-state index is -3.47. The first-order valence-corrected chi connectivity index (χ1v) is 9.92. The molecule has 1 amide bonds. The molecule has 1 aliphatic rings. The quantitative estimate of drug-likeness (QED) is 0.741. The van der Waals surface area contributed by atoms with E-state index < -0.39 is 10.0 Å². The third-order valence-electron chi connectivity index (χ3n) is 4.38. The molecule has 0 spiro atoms. The summed E-state index contributed by atoms with van der Waals surface area (Å²) in [4.78, 5) is 14.6. The van der Waals surface area contributed by atoms with Gasteiger partial charge in [0.1, 0.15) is 0 Å². The Labute approximate surface area is 145 Å². The van der Waals surface area contributed by atoms with Crippen molar-refractivity contribution in [1.82, 2.24) is 4.31 Å². The maximum absolute atomic E-state index is 12.6. The van der Waals surface area contributed by atoms with E-state index in [1.54, 1.807) is 23.1 Å². The van der Waals surface area contributed by atoms with Crippen LogP contribution in [0.3, 0.4) is 0 Å². The van der Waals surface area contributed by atoms with Crippen LogP contribution in [0, 0.1) is 0 Å². The molecule has 0 atom stereocenters. The Morgan fingerprint density at radius 1 is 1.25 bits per heavy atom. The number of benzene rings is 1. The van der Waals surface area contributed by atoms with E-state index in [2.05, 4.69) is 0 Å². The number of hydrogen-bond donors (Lipinski definition) is 0. The van der Waals surface area contributed by atoms with Crippen molar-refractivity contribution >= 4 is 21.6 Å². The summed E-state index contributed by atoms with van der Waals surface area (Å²) >= 11 is 0. The predicted octanol–water partition coefficient (Wildman–Crippen LogP) is 2.96. The molecule has 1 aliphatic heterocycles. The molecule has 0 bridgehead atoms. The van der Waals surface area contributed by atoms with Gasteiger partial charge in [-0.2, -0.15) is 4.31 Å². The van der Waals surface area contributed by atoms with Crippen molar-refractivity contribution < 1.29 is 13.2 Å². The van der Waals surface area contributed by atoms with Gasteiger partial charge in [-0.15, -0.1) is 0 Å². The fourth-order valence-electron chi connectivity index (χ4n) is 3.07. The van der Waals surface area contributed by atoms with Gasteiger partial charge in [-0.1, -0.05) is 26.8 Å². The maximum atomic E-state index is 12.6. The highest BCUT2D eigenvalue weighted by molar-refractivity contribution is 7.89. The first kappa shape index (κ1) is 18.7. The second-order valence-electron chi connectivity index (χ2n) is 5.88. The molecule has 0 aromatic heterocycles. The molecular weight excluding hydrogens is 324 g/mol. The third-order valence-corrected chi connectivity index (χ3v) is 6.43. The zero-order valence-electron chi connectivity index (χ0n) is 14.9. The summed E-state index contributed by atoms with van der Waals surface area (Å²) in [6.07, 6.45) is 3.42. The number of rotatable bonds is 6. The van der Waals surface area contributed by atoms with Gasteiger partial charge >= 0.3 is 0 Å². The lowest BCUT2D eigenvalue weighted by Gasteiger charge is -2.20. The van der Waals surface area contributed by atoms with E-state index in [0.717, 1.165) is 23.2 Å². The van der Waals surface area contributed by atoms with Gasteiger partial charge < -0.3 is 4.90 Å². The maximum Gasteiger partial charge on any atom is 0.253 e. The molecule has 0 saturated carbocycles. The number of allylic oxidation sites excluding steroid dienone is 1. The van der Waals surface area contributed by atoms with Crippen LogP contribution in [0.4, 0.5) is 5.69 Å². The average Bonchev–Trinajstić information content (AvgIpc) is 2.98. The number of carbonyl (C=O) groups excluding carboxylic acids is 1.